The highest BCUT2D eigenvalue weighted by atomic mass is 16.5. The summed E-state index contributed by atoms with van der Waals surface area (Å²) in [6.07, 6.45) is 13.6. The Morgan fingerprint density at radius 3 is 2.13 bits per heavy atom. The number of esters is 1. The number of methoxy groups -OCH3 is 1. The van der Waals surface area contributed by atoms with Crippen LogP contribution in [-0.4, -0.2) is 72.9 Å². The van der Waals surface area contributed by atoms with E-state index < -0.39 is 6.09 Å². The van der Waals surface area contributed by atoms with Gasteiger partial charge in [-0.1, -0.05) is 77.5 Å². The molecule has 0 aromatic heterocycles. The smallest absolute Gasteiger partial charge is 0.407 e. The van der Waals surface area contributed by atoms with Crippen molar-refractivity contribution < 1.29 is 24.2 Å². The van der Waals surface area contributed by atoms with Crippen molar-refractivity contribution in [3.05, 3.63) is 47.8 Å². The van der Waals surface area contributed by atoms with E-state index >= 15 is 0 Å². The number of hydrogen-bond acceptors (Lipinski definition) is 5. The number of hydrogen-bond donors (Lipinski definition) is 1. The molecule has 1 N–H and O–H groups in total. The van der Waals surface area contributed by atoms with Gasteiger partial charge in [-0.15, -0.1) is 0 Å². The van der Waals surface area contributed by atoms with E-state index in [1.165, 1.54) is 10.5 Å². The standard InChI is InChI=1S/C16H28N2O4.C9H12O.C4H10.C2H6/c1-4-7-10-17(5-2)14(15(19)22-6-3)13-8-11-18(12-9-13)16(20)21;1-8-5-3-4-6-9(7-8)10-2;1-4(2)3;1-2/h4,7,13-14H,5-6,8-12H2,1-3H3,(H,20,21);3-6H,7H2,1-2H3;4H,1-3H3;1-2H3/b7-4-;;;. The number of nitrogens with zero attached hydrogens (tertiary/aromatic N) is 2. The number of likely N-dealkylation sites (N-methyl/N-ethyl adjacent to an activating group) is 1. The van der Waals surface area contributed by atoms with E-state index in [1.54, 1.807) is 7.11 Å². The molecule has 1 aliphatic carbocycles. The van der Waals surface area contributed by atoms with Crippen molar-refractivity contribution in [3.8, 4) is 0 Å². The number of carboxylic acid groups (broad SMARTS) is 1. The number of carbonyl (C=O) groups is 2. The van der Waals surface area contributed by atoms with Crippen LogP contribution in [-0.2, 0) is 14.3 Å². The number of allylic oxidation sites excluding steroid dienone is 6. The van der Waals surface area contributed by atoms with Crippen LogP contribution in [0.3, 0.4) is 0 Å². The van der Waals surface area contributed by atoms with Crippen LogP contribution in [0, 0.1) is 11.8 Å². The van der Waals surface area contributed by atoms with Crippen LogP contribution in [0.4, 0.5) is 4.79 Å². The zero-order valence-corrected chi connectivity index (χ0v) is 25.8. The van der Waals surface area contributed by atoms with Crippen LogP contribution in [0.5, 0.6) is 0 Å². The third-order valence-corrected chi connectivity index (χ3v) is 5.65. The summed E-state index contributed by atoms with van der Waals surface area (Å²) < 4.78 is 10.4. The lowest BCUT2D eigenvalue weighted by Gasteiger charge is -2.38. The minimum atomic E-state index is -0.882. The SMILES string of the molecule is C/C=C\CN(CC)C(C(=O)OCC)C1CCN(C(=O)O)CC1.CC.CC(C)C.COC1=CC=CC=C(C)C1. The fraction of sp³-hybridized carbons (Fsp3) is 0.677. The number of ether oxygens (including phenoxy) is 2. The Bertz CT molecular complexity index is 745. The third-order valence-electron chi connectivity index (χ3n) is 5.65. The molecule has 0 spiro atoms. The topological polar surface area (TPSA) is 79.3 Å². The molecule has 1 amide bonds. The van der Waals surface area contributed by atoms with Gasteiger partial charge in [-0.2, -0.15) is 0 Å². The number of piperidine rings is 1. The van der Waals surface area contributed by atoms with Crippen LogP contribution < -0.4 is 0 Å². The molecule has 2 aliphatic rings. The molecule has 1 saturated heterocycles. The van der Waals surface area contributed by atoms with Crippen molar-refractivity contribution in [3.63, 3.8) is 0 Å². The largest absolute Gasteiger partial charge is 0.501 e. The van der Waals surface area contributed by atoms with Crippen LogP contribution in [0.15, 0.2) is 47.8 Å². The van der Waals surface area contributed by atoms with Crippen LogP contribution in [0.2, 0.25) is 0 Å². The summed E-state index contributed by atoms with van der Waals surface area (Å²) in [5.74, 6) is 1.81. The molecule has 38 heavy (non-hydrogen) atoms. The van der Waals surface area contributed by atoms with Gasteiger partial charge in [0.05, 0.1) is 19.5 Å². The van der Waals surface area contributed by atoms with Gasteiger partial charge in [0.25, 0.3) is 0 Å². The van der Waals surface area contributed by atoms with Gasteiger partial charge in [0.2, 0.25) is 0 Å². The van der Waals surface area contributed by atoms with E-state index in [1.807, 2.05) is 65.0 Å². The summed E-state index contributed by atoms with van der Waals surface area (Å²) in [7, 11) is 1.71. The highest BCUT2D eigenvalue weighted by Crippen LogP contribution is 2.25. The molecule has 1 heterocycles. The highest BCUT2D eigenvalue weighted by molar-refractivity contribution is 5.76. The van der Waals surface area contributed by atoms with Gasteiger partial charge in [0.15, 0.2) is 0 Å². The van der Waals surface area contributed by atoms with Crippen molar-refractivity contribution in [2.24, 2.45) is 11.8 Å². The quantitative estimate of drug-likeness (QED) is 0.259. The fourth-order valence-electron chi connectivity index (χ4n) is 3.87. The average molecular weight is 537 g/mol. The monoisotopic (exact) mass is 536 g/mol. The fourth-order valence-corrected chi connectivity index (χ4v) is 3.87. The van der Waals surface area contributed by atoms with E-state index in [-0.39, 0.29) is 17.9 Å². The van der Waals surface area contributed by atoms with Crippen molar-refractivity contribution in [2.75, 3.05) is 39.9 Å². The molecule has 0 aromatic rings. The van der Waals surface area contributed by atoms with Gasteiger partial charge in [-0.3, -0.25) is 9.69 Å². The molecule has 0 aromatic carbocycles. The summed E-state index contributed by atoms with van der Waals surface area (Å²) >= 11 is 0. The Morgan fingerprint density at radius 1 is 1.13 bits per heavy atom. The minimum Gasteiger partial charge on any atom is -0.501 e. The summed E-state index contributed by atoms with van der Waals surface area (Å²) in [6, 6.07) is -0.294. The summed E-state index contributed by atoms with van der Waals surface area (Å²) in [6.45, 7) is 21.2. The molecule has 0 saturated carbocycles. The molecule has 2 rings (SSSR count). The highest BCUT2D eigenvalue weighted by Gasteiger charge is 2.36. The second kappa shape index (κ2) is 23.6. The lowest BCUT2D eigenvalue weighted by Crippen LogP contribution is -2.51. The first-order chi connectivity index (χ1) is 18.1. The first-order valence-electron chi connectivity index (χ1n) is 14.2. The first kappa shape index (κ1) is 37.6. The lowest BCUT2D eigenvalue weighted by atomic mass is 9.88. The maximum atomic E-state index is 12.4. The predicted molar refractivity (Wildman–Crippen MR) is 159 cm³/mol. The zero-order chi connectivity index (χ0) is 29.5. The molecular formula is C31H56N2O5. The van der Waals surface area contributed by atoms with Crippen molar-refractivity contribution >= 4 is 12.1 Å². The van der Waals surface area contributed by atoms with E-state index in [4.69, 9.17) is 14.6 Å². The average Bonchev–Trinajstić information content (AvgIpc) is 3.11. The first-order valence-corrected chi connectivity index (χ1v) is 14.2. The maximum absolute atomic E-state index is 12.4. The molecule has 0 bridgehead atoms. The van der Waals surface area contributed by atoms with Gasteiger partial charge in [0.1, 0.15) is 6.04 Å². The number of amides is 1. The Balaban J connectivity index is 0. The molecule has 7 nitrogen and oxygen atoms in total. The normalized spacial score (nSPS) is 16.1. The molecule has 1 fully saturated rings. The molecule has 1 atom stereocenters. The molecule has 1 aliphatic heterocycles. The predicted octanol–water partition coefficient (Wildman–Crippen LogP) is 7.32. The zero-order valence-electron chi connectivity index (χ0n) is 25.8. The van der Waals surface area contributed by atoms with Gasteiger partial charge in [-0.05, 0) is 58.1 Å². The maximum Gasteiger partial charge on any atom is 0.407 e. The van der Waals surface area contributed by atoms with Crippen LogP contribution >= 0.6 is 0 Å². The second-order valence-corrected chi connectivity index (χ2v) is 9.60. The Morgan fingerprint density at radius 2 is 1.68 bits per heavy atom. The van der Waals surface area contributed by atoms with E-state index in [0.29, 0.717) is 39.1 Å². The minimum absolute atomic E-state index is 0.139. The molecule has 7 heteroatoms. The number of likely N-dealkylation sites (tertiary alicyclic amines) is 1. The lowest BCUT2D eigenvalue weighted by molar-refractivity contribution is -0.152. The van der Waals surface area contributed by atoms with Crippen LogP contribution in [0.25, 0.3) is 0 Å². The van der Waals surface area contributed by atoms with E-state index in [0.717, 1.165) is 24.6 Å². The van der Waals surface area contributed by atoms with Gasteiger partial charge >= 0.3 is 12.1 Å². The van der Waals surface area contributed by atoms with Crippen LogP contribution in [0.1, 0.15) is 81.6 Å². The molecule has 1 unspecified atom stereocenters. The number of carbonyl (C=O) groups excluding carboxylic acids is 1. The second-order valence-electron chi connectivity index (χ2n) is 9.60. The summed E-state index contributed by atoms with van der Waals surface area (Å²) in [4.78, 5) is 26.9. The Hall–Kier alpha value is -2.54. The summed E-state index contributed by atoms with van der Waals surface area (Å²) in [5.41, 5.74) is 1.34. The molecule has 0 radical (unpaired) electrons. The van der Waals surface area contributed by atoms with E-state index in [2.05, 4.69) is 38.7 Å². The number of rotatable bonds is 8. The van der Waals surface area contributed by atoms with Crippen molar-refractivity contribution in [1.29, 1.82) is 0 Å². The summed E-state index contributed by atoms with van der Waals surface area (Å²) in [5, 5.41) is 9.04. The van der Waals surface area contributed by atoms with Gasteiger partial charge in [0, 0.05) is 26.1 Å². The van der Waals surface area contributed by atoms with Crippen molar-refractivity contribution in [1.82, 2.24) is 9.80 Å². The molecular weight excluding hydrogens is 480 g/mol. The Kier molecular flexibility index (Phi) is 23.3. The molecule has 220 valence electrons. The van der Waals surface area contributed by atoms with Crippen molar-refractivity contribution in [2.45, 2.75) is 87.6 Å². The Labute approximate surface area is 233 Å². The third kappa shape index (κ3) is 17.1. The van der Waals surface area contributed by atoms with Gasteiger partial charge < -0.3 is 19.5 Å². The van der Waals surface area contributed by atoms with E-state index in [9.17, 15) is 9.59 Å². The van der Waals surface area contributed by atoms with Gasteiger partial charge in [-0.25, -0.2) is 4.79 Å².